The molecule has 194 valence electrons. The van der Waals surface area contributed by atoms with Gasteiger partial charge in [0.1, 0.15) is 0 Å². The molecule has 0 spiro atoms. The van der Waals surface area contributed by atoms with Crippen molar-refractivity contribution in [2.75, 3.05) is 13.1 Å². The summed E-state index contributed by atoms with van der Waals surface area (Å²) in [7, 11) is 0. The Morgan fingerprint density at radius 1 is 1.06 bits per heavy atom. The molecule has 3 heterocycles. The number of amides is 1. The maximum atomic E-state index is 13.9. The van der Waals surface area contributed by atoms with E-state index in [1.165, 1.54) is 51.4 Å². The number of fused-ring (bicyclic) bond motifs is 1. The van der Waals surface area contributed by atoms with Crippen molar-refractivity contribution >= 4 is 17.5 Å². The molecule has 5 fully saturated rings. The highest BCUT2D eigenvalue weighted by molar-refractivity contribution is 6.20. The lowest BCUT2D eigenvalue weighted by Gasteiger charge is -2.48. The molecule has 8 atom stereocenters. The molecule has 2 aliphatic carbocycles. The average molecular weight is 494 g/mol. The van der Waals surface area contributed by atoms with Crippen molar-refractivity contribution in [1.29, 1.82) is 0 Å². The highest BCUT2D eigenvalue weighted by atomic mass is 35.5. The molecule has 3 aliphatic heterocycles. The lowest BCUT2D eigenvalue weighted by atomic mass is 9.76. The molecular weight excluding hydrogens is 446 g/mol. The van der Waals surface area contributed by atoms with E-state index in [1.807, 2.05) is 0 Å². The SMILES string of the molecule is CCCC1NN(C2CCC(C3CC3)CC2)C2CCN(C(=O)C3CNC(Cl)C(C)C3N)C(CC)C12. The van der Waals surface area contributed by atoms with Gasteiger partial charge in [0.05, 0.1) is 11.4 Å². The summed E-state index contributed by atoms with van der Waals surface area (Å²) in [5.74, 6) is 2.71. The van der Waals surface area contributed by atoms with Gasteiger partial charge in [0.2, 0.25) is 5.91 Å². The number of carbonyl (C=O) groups excluding carboxylic acids is 1. The second kappa shape index (κ2) is 10.5. The van der Waals surface area contributed by atoms with Gasteiger partial charge in [-0.25, -0.2) is 5.01 Å². The van der Waals surface area contributed by atoms with Gasteiger partial charge in [0.25, 0.3) is 0 Å². The van der Waals surface area contributed by atoms with E-state index in [4.69, 9.17) is 17.3 Å². The monoisotopic (exact) mass is 493 g/mol. The van der Waals surface area contributed by atoms with Crippen molar-refractivity contribution in [2.24, 2.45) is 35.3 Å². The summed E-state index contributed by atoms with van der Waals surface area (Å²) in [5.41, 5.74) is 10.4. The van der Waals surface area contributed by atoms with Crippen molar-refractivity contribution in [1.82, 2.24) is 20.7 Å². The number of hydrazine groups is 1. The quantitative estimate of drug-likeness (QED) is 0.388. The zero-order valence-electron chi connectivity index (χ0n) is 21.6. The maximum absolute atomic E-state index is 13.9. The molecule has 7 heteroatoms. The lowest BCUT2D eigenvalue weighted by Crippen LogP contribution is -2.63. The third kappa shape index (κ3) is 4.67. The molecule has 34 heavy (non-hydrogen) atoms. The standard InChI is InChI=1S/C27H48ClN5O/c1-4-6-21-24-22(5-2)32(27(34)20-15-30-26(28)16(3)25(20)29)14-13-23(24)33(31-21)19-11-9-18(10-12-19)17-7-8-17/h16-26,30-31H,4-15,29H2,1-3H3. The molecule has 5 rings (SSSR count). The number of halogens is 1. The summed E-state index contributed by atoms with van der Waals surface area (Å²) in [4.78, 5) is 16.1. The fourth-order valence-electron chi connectivity index (χ4n) is 8.05. The average Bonchev–Trinajstić information content (AvgIpc) is 3.64. The summed E-state index contributed by atoms with van der Waals surface area (Å²) in [6.07, 6.45) is 12.9. The number of rotatable bonds is 6. The normalized spacial score (nSPS) is 45.9. The topological polar surface area (TPSA) is 73.6 Å². The van der Waals surface area contributed by atoms with Crippen LogP contribution in [0, 0.1) is 29.6 Å². The van der Waals surface area contributed by atoms with Gasteiger partial charge < -0.3 is 16.0 Å². The Kier molecular flexibility index (Phi) is 7.82. The minimum atomic E-state index is -0.183. The van der Waals surface area contributed by atoms with E-state index in [0.29, 0.717) is 36.6 Å². The van der Waals surface area contributed by atoms with Gasteiger partial charge >= 0.3 is 0 Å². The number of nitrogens with one attached hydrogen (secondary N) is 2. The molecule has 4 N–H and O–H groups in total. The maximum Gasteiger partial charge on any atom is 0.228 e. The molecule has 0 bridgehead atoms. The number of alkyl halides is 1. The Bertz CT molecular complexity index is 711. The summed E-state index contributed by atoms with van der Waals surface area (Å²) >= 11 is 6.39. The van der Waals surface area contributed by atoms with Crippen LogP contribution in [0.15, 0.2) is 0 Å². The zero-order chi connectivity index (χ0) is 24.0. The molecule has 2 saturated carbocycles. The van der Waals surface area contributed by atoms with Crippen molar-refractivity contribution in [3.05, 3.63) is 0 Å². The Labute approximate surface area is 212 Å². The first-order chi connectivity index (χ1) is 16.4. The fraction of sp³-hybridized carbons (Fsp3) is 0.963. The van der Waals surface area contributed by atoms with E-state index in [2.05, 4.69) is 41.4 Å². The van der Waals surface area contributed by atoms with Gasteiger partial charge in [-0.15, -0.1) is 11.6 Å². The van der Waals surface area contributed by atoms with E-state index < -0.39 is 0 Å². The number of carbonyl (C=O) groups is 1. The first kappa shape index (κ1) is 25.3. The zero-order valence-corrected chi connectivity index (χ0v) is 22.4. The second-order valence-electron chi connectivity index (χ2n) is 12.1. The molecule has 5 aliphatic rings. The molecule has 0 aromatic rings. The molecule has 1 amide bonds. The Balaban J connectivity index is 1.30. The first-order valence-electron chi connectivity index (χ1n) is 14.4. The van der Waals surface area contributed by atoms with Crippen molar-refractivity contribution < 1.29 is 4.79 Å². The summed E-state index contributed by atoms with van der Waals surface area (Å²) in [6, 6.07) is 1.80. The Morgan fingerprint density at radius 3 is 2.35 bits per heavy atom. The molecular formula is C27H48ClN5O. The number of likely N-dealkylation sites (tertiary alicyclic amines) is 1. The number of nitrogens with zero attached hydrogens (tertiary/aromatic N) is 2. The Morgan fingerprint density at radius 2 is 1.74 bits per heavy atom. The van der Waals surface area contributed by atoms with E-state index >= 15 is 0 Å². The van der Waals surface area contributed by atoms with Crippen LogP contribution in [0.3, 0.4) is 0 Å². The fourth-order valence-corrected chi connectivity index (χ4v) is 8.30. The molecule has 0 radical (unpaired) electrons. The van der Waals surface area contributed by atoms with E-state index in [1.54, 1.807) is 0 Å². The number of hydrogen-bond acceptors (Lipinski definition) is 5. The highest BCUT2D eigenvalue weighted by Gasteiger charge is 2.53. The number of piperidine rings is 2. The first-order valence-corrected chi connectivity index (χ1v) is 14.9. The van der Waals surface area contributed by atoms with Crippen molar-refractivity contribution in [3.8, 4) is 0 Å². The van der Waals surface area contributed by atoms with Crippen LogP contribution in [-0.2, 0) is 4.79 Å². The Hall–Kier alpha value is -0.400. The largest absolute Gasteiger partial charge is 0.339 e. The molecule has 8 unspecified atom stereocenters. The van der Waals surface area contributed by atoms with Crippen LogP contribution in [0.4, 0.5) is 0 Å². The van der Waals surface area contributed by atoms with Crippen LogP contribution in [0.2, 0.25) is 0 Å². The molecule has 0 aromatic carbocycles. The smallest absolute Gasteiger partial charge is 0.228 e. The minimum absolute atomic E-state index is 0.0872. The van der Waals surface area contributed by atoms with Crippen molar-refractivity contribution in [3.63, 3.8) is 0 Å². The van der Waals surface area contributed by atoms with Crippen molar-refractivity contribution in [2.45, 2.75) is 121 Å². The third-order valence-electron chi connectivity index (χ3n) is 10.2. The predicted molar refractivity (Wildman–Crippen MR) is 138 cm³/mol. The van der Waals surface area contributed by atoms with Crippen LogP contribution in [-0.4, -0.2) is 64.6 Å². The summed E-state index contributed by atoms with van der Waals surface area (Å²) < 4.78 is 0. The molecule has 3 saturated heterocycles. The van der Waals surface area contributed by atoms with Crippen LogP contribution in [0.1, 0.15) is 85.0 Å². The highest BCUT2D eigenvalue weighted by Crippen LogP contribution is 2.46. The molecule has 6 nitrogen and oxygen atoms in total. The van der Waals surface area contributed by atoms with Gasteiger partial charge in [0.15, 0.2) is 0 Å². The van der Waals surface area contributed by atoms with Gasteiger partial charge in [-0.2, -0.15) is 0 Å². The summed E-state index contributed by atoms with van der Waals surface area (Å²) in [5, 5.41) is 6.02. The summed E-state index contributed by atoms with van der Waals surface area (Å²) in [6.45, 7) is 8.08. The van der Waals surface area contributed by atoms with E-state index in [9.17, 15) is 4.79 Å². The van der Waals surface area contributed by atoms with Crippen LogP contribution >= 0.6 is 11.6 Å². The van der Waals surface area contributed by atoms with Crippen LogP contribution in [0.25, 0.3) is 0 Å². The van der Waals surface area contributed by atoms with Gasteiger partial charge in [-0.05, 0) is 69.6 Å². The second-order valence-corrected chi connectivity index (χ2v) is 12.6. The predicted octanol–water partition coefficient (Wildman–Crippen LogP) is 3.69. The lowest BCUT2D eigenvalue weighted by molar-refractivity contribution is -0.144. The van der Waals surface area contributed by atoms with Gasteiger partial charge in [-0.3, -0.25) is 10.2 Å². The van der Waals surface area contributed by atoms with Gasteiger partial charge in [-0.1, -0.05) is 27.2 Å². The van der Waals surface area contributed by atoms with Crippen LogP contribution < -0.4 is 16.5 Å². The van der Waals surface area contributed by atoms with E-state index in [-0.39, 0.29) is 29.3 Å². The van der Waals surface area contributed by atoms with Crippen LogP contribution in [0.5, 0.6) is 0 Å². The third-order valence-corrected chi connectivity index (χ3v) is 10.8. The van der Waals surface area contributed by atoms with Gasteiger partial charge in [0, 0.05) is 55.1 Å². The number of hydrogen-bond donors (Lipinski definition) is 3. The minimum Gasteiger partial charge on any atom is -0.339 e. The number of nitrogens with two attached hydrogens (primary N) is 1. The van der Waals surface area contributed by atoms with E-state index in [0.717, 1.165) is 31.2 Å². The molecule has 0 aromatic heterocycles.